The van der Waals surface area contributed by atoms with Crippen molar-refractivity contribution in [1.29, 1.82) is 0 Å². The number of ether oxygens (including phenoxy) is 1. The van der Waals surface area contributed by atoms with Gasteiger partial charge in [-0.1, -0.05) is 35.9 Å². The maximum Gasteiger partial charge on any atom is 0.573 e. The molecule has 33 heavy (non-hydrogen) atoms. The summed E-state index contributed by atoms with van der Waals surface area (Å²) in [5.74, 6) is -1.17. The molecule has 1 N–H and O–H groups in total. The summed E-state index contributed by atoms with van der Waals surface area (Å²) in [5, 5.41) is 2.76. The average molecular weight is 499 g/mol. The zero-order valence-electron chi connectivity index (χ0n) is 17.1. The topological polar surface area (TPSA) is 75.7 Å². The number of amides is 1. The molecule has 0 aliphatic heterocycles. The number of halogens is 4. The fourth-order valence-electron chi connectivity index (χ4n) is 2.94. The van der Waals surface area contributed by atoms with Gasteiger partial charge in [0, 0.05) is 10.7 Å². The number of anilines is 2. The molecule has 1 amide bonds. The normalized spacial score (nSPS) is 11.7. The molecular formula is C22H18ClF3N2O4S. The van der Waals surface area contributed by atoms with Crippen molar-refractivity contribution in [2.75, 3.05) is 16.2 Å². The van der Waals surface area contributed by atoms with Gasteiger partial charge < -0.3 is 10.1 Å². The van der Waals surface area contributed by atoms with E-state index in [4.69, 9.17) is 11.6 Å². The fourth-order valence-corrected chi connectivity index (χ4v) is 4.61. The van der Waals surface area contributed by atoms with Gasteiger partial charge in [0.2, 0.25) is 5.91 Å². The molecule has 3 aromatic carbocycles. The first-order chi connectivity index (χ1) is 15.5. The second-order valence-corrected chi connectivity index (χ2v) is 9.17. The number of benzene rings is 3. The van der Waals surface area contributed by atoms with E-state index in [-0.39, 0.29) is 21.3 Å². The van der Waals surface area contributed by atoms with Gasteiger partial charge in [0.15, 0.2) is 0 Å². The van der Waals surface area contributed by atoms with Gasteiger partial charge in [-0.05, 0) is 61.0 Å². The molecule has 0 saturated carbocycles. The summed E-state index contributed by atoms with van der Waals surface area (Å²) in [7, 11) is -4.14. The Bertz CT molecular complexity index is 1230. The van der Waals surface area contributed by atoms with Crippen LogP contribution in [0.25, 0.3) is 0 Å². The highest BCUT2D eigenvalue weighted by Crippen LogP contribution is 2.30. The highest BCUT2D eigenvalue weighted by Gasteiger charge is 2.31. The molecule has 0 heterocycles. The van der Waals surface area contributed by atoms with Crippen LogP contribution in [0.1, 0.15) is 5.56 Å². The molecule has 0 saturated heterocycles. The Hall–Kier alpha value is -3.24. The number of nitrogens with one attached hydrogen (secondary N) is 1. The summed E-state index contributed by atoms with van der Waals surface area (Å²) >= 11 is 6.07. The van der Waals surface area contributed by atoms with Crippen LogP contribution in [0.2, 0.25) is 5.02 Å². The van der Waals surface area contributed by atoms with E-state index in [1.807, 2.05) is 0 Å². The smallest absolute Gasteiger partial charge is 0.406 e. The molecule has 174 valence electrons. The van der Waals surface area contributed by atoms with Gasteiger partial charge in [0.05, 0.1) is 10.6 Å². The van der Waals surface area contributed by atoms with E-state index in [0.29, 0.717) is 5.56 Å². The highest BCUT2D eigenvalue weighted by atomic mass is 35.5. The molecule has 0 bridgehead atoms. The monoisotopic (exact) mass is 498 g/mol. The van der Waals surface area contributed by atoms with E-state index in [0.717, 1.165) is 16.4 Å². The predicted octanol–water partition coefficient (Wildman–Crippen LogP) is 5.38. The summed E-state index contributed by atoms with van der Waals surface area (Å²) in [6.07, 6.45) is -4.84. The van der Waals surface area contributed by atoms with E-state index in [9.17, 15) is 26.4 Å². The number of nitrogens with zero attached hydrogens (tertiary/aromatic N) is 1. The first-order valence-electron chi connectivity index (χ1n) is 9.45. The first kappa shape index (κ1) is 24.4. The van der Waals surface area contributed by atoms with Crippen LogP contribution in [0.4, 0.5) is 24.5 Å². The number of hydrogen-bond acceptors (Lipinski definition) is 4. The second kappa shape index (κ2) is 9.72. The van der Waals surface area contributed by atoms with Crippen LogP contribution in [0.15, 0.2) is 77.7 Å². The summed E-state index contributed by atoms with van der Waals surface area (Å²) in [6, 6.07) is 16.7. The molecule has 3 aromatic rings. The van der Waals surface area contributed by atoms with Gasteiger partial charge >= 0.3 is 6.36 Å². The van der Waals surface area contributed by atoms with Crippen molar-refractivity contribution in [3.63, 3.8) is 0 Å². The van der Waals surface area contributed by atoms with Crippen molar-refractivity contribution in [2.45, 2.75) is 18.2 Å². The molecule has 0 spiro atoms. The zero-order chi connectivity index (χ0) is 24.2. The van der Waals surface area contributed by atoms with Crippen LogP contribution in [-0.2, 0) is 14.8 Å². The van der Waals surface area contributed by atoms with Gasteiger partial charge in [-0.3, -0.25) is 9.10 Å². The molecular weight excluding hydrogens is 481 g/mol. The summed E-state index contributed by atoms with van der Waals surface area (Å²) in [6.45, 7) is 1.08. The highest BCUT2D eigenvalue weighted by molar-refractivity contribution is 7.92. The molecule has 6 nitrogen and oxygen atoms in total. The van der Waals surface area contributed by atoms with Gasteiger partial charge in [0.1, 0.15) is 12.3 Å². The van der Waals surface area contributed by atoms with Crippen molar-refractivity contribution >= 4 is 38.9 Å². The van der Waals surface area contributed by atoms with Gasteiger partial charge in [-0.15, -0.1) is 13.2 Å². The molecule has 11 heteroatoms. The molecule has 0 fully saturated rings. The Morgan fingerprint density at radius 1 is 1.03 bits per heavy atom. The lowest BCUT2D eigenvalue weighted by molar-refractivity contribution is -0.274. The Morgan fingerprint density at radius 3 is 2.27 bits per heavy atom. The Balaban J connectivity index is 1.88. The van der Waals surface area contributed by atoms with E-state index >= 15 is 0 Å². The molecule has 0 aromatic heterocycles. The third kappa shape index (κ3) is 6.39. The Morgan fingerprint density at radius 2 is 1.67 bits per heavy atom. The van der Waals surface area contributed by atoms with E-state index in [1.165, 1.54) is 30.3 Å². The van der Waals surface area contributed by atoms with E-state index in [1.54, 1.807) is 37.3 Å². The molecule has 0 aliphatic carbocycles. The second-order valence-electron chi connectivity index (χ2n) is 6.88. The standard InChI is InChI=1S/C22H18ClF3N2O4S/c1-15-7-8-16(23)13-20(15)28(33(30,31)19-5-3-2-4-6-19)14-21(29)27-17-9-11-18(12-10-17)32-22(24,25)26/h2-13H,14H2,1H3,(H,27,29). The predicted molar refractivity (Wildman–Crippen MR) is 119 cm³/mol. The maximum atomic E-state index is 13.3. The Labute approximate surface area is 193 Å². The van der Waals surface area contributed by atoms with Crippen molar-refractivity contribution in [3.8, 4) is 5.75 Å². The Kier molecular flexibility index (Phi) is 7.19. The summed E-state index contributed by atoms with van der Waals surface area (Å²) < 4.78 is 68.3. The number of carbonyl (C=O) groups excluding carboxylic acids is 1. The van der Waals surface area contributed by atoms with Gasteiger partial charge in [-0.25, -0.2) is 8.42 Å². The minimum Gasteiger partial charge on any atom is -0.406 e. The van der Waals surface area contributed by atoms with Crippen molar-refractivity contribution in [3.05, 3.63) is 83.4 Å². The lowest BCUT2D eigenvalue weighted by Crippen LogP contribution is -2.38. The first-order valence-corrected chi connectivity index (χ1v) is 11.3. The zero-order valence-corrected chi connectivity index (χ0v) is 18.7. The van der Waals surface area contributed by atoms with Crippen molar-refractivity contribution in [1.82, 2.24) is 0 Å². The lowest BCUT2D eigenvalue weighted by Gasteiger charge is -2.26. The average Bonchev–Trinajstić information content (AvgIpc) is 2.75. The fraction of sp³-hybridized carbons (Fsp3) is 0.136. The minimum absolute atomic E-state index is 0.0224. The third-order valence-electron chi connectivity index (χ3n) is 4.43. The minimum atomic E-state index is -4.84. The molecule has 0 radical (unpaired) electrons. The van der Waals surface area contributed by atoms with Crippen LogP contribution < -0.4 is 14.4 Å². The number of aryl methyl sites for hydroxylation is 1. The number of carbonyl (C=O) groups is 1. The number of sulfonamides is 1. The van der Waals surface area contributed by atoms with Gasteiger partial charge in [0.25, 0.3) is 10.0 Å². The number of hydrogen-bond donors (Lipinski definition) is 1. The van der Waals surface area contributed by atoms with E-state index in [2.05, 4.69) is 10.1 Å². The molecule has 0 unspecified atom stereocenters. The molecule has 0 aliphatic rings. The SMILES string of the molecule is Cc1ccc(Cl)cc1N(CC(=O)Nc1ccc(OC(F)(F)F)cc1)S(=O)(=O)c1ccccc1. The van der Waals surface area contributed by atoms with E-state index < -0.39 is 34.6 Å². The lowest BCUT2D eigenvalue weighted by atomic mass is 10.2. The van der Waals surface area contributed by atoms with Crippen molar-refractivity contribution in [2.24, 2.45) is 0 Å². The van der Waals surface area contributed by atoms with Crippen LogP contribution in [0, 0.1) is 6.92 Å². The van der Waals surface area contributed by atoms with Crippen LogP contribution >= 0.6 is 11.6 Å². The number of rotatable bonds is 7. The summed E-state index contributed by atoms with van der Waals surface area (Å²) in [4.78, 5) is 12.7. The molecule has 3 rings (SSSR count). The maximum absolute atomic E-state index is 13.3. The van der Waals surface area contributed by atoms with Crippen LogP contribution in [0.5, 0.6) is 5.75 Å². The van der Waals surface area contributed by atoms with Crippen LogP contribution in [-0.4, -0.2) is 27.2 Å². The largest absolute Gasteiger partial charge is 0.573 e. The third-order valence-corrected chi connectivity index (χ3v) is 6.44. The summed E-state index contributed by atoms with van der Waals surface area (Å²) in [5.41, 5.74) is 0.949. The quantitative estimate of drug-likeness (QED) is 0.474. The van der Waals surface area contributed by atoms with Crippen LogP contribution in [0.3, 0.4) is 0 Å². The number of alkyl halides is 3. The molecule has 0 atom stereocenters. The van der Waals surface area contributed by atoms with Gasteiger partial charge in [-0.2, -0.15) is 0 Å². The van der Waals surface area contributed by atoms with Crippen molar-refractivity contribution < 1.29 is 31.1 Å².